The number of azo groups is 2. The molecule has 0 aliphatic carbocycles. The SMILES string of the molecule is Nc1c(N=Nc2ccc([N+](=O)[O-])cc2)c(S(=O)(=O)O)cc2cc(S(=O)(=O)O)c(N=Nc3ccccc3)c(O)c12.[H-].[Na+]. The van der Waals surface area contributed by atoms with E-state index in [4.69, 9.17) is 5.73 Å². The van der Waals surface area contributed by atoms with E-state index in [0.29, 0.717) is 0 Å². The number of phenolic OH excluding ortho intramolecular Hbond substituents is 1. The molecule has 0 heterocycles. The van der Waals surface area contributed by atoms with Crippen LogP contribution in [0.25, 0.3) is 10.8 Å². The van der Waals surface area contributed by atoms with Crippen molar-refractivity contribution in [1.82, 2.24) is 0 Å². The van der Waals surface area contributed by atoms with Crippen molar-refractivity contribution in [2.75, 3.05) is 5.73 Å². The van der Waals surface area contributed by atoms with Gasteiger partial charge in [0.25, 0.3) is 25.9 Å². The Morgan fingerprint density at radius 2 is 1.25 bits per heavy atom. The molecule has 40 heavy (non-hydrogen) atoms. The number of hydrogen-bond acceptors (Lipinski definition) is 12. The maximum atomic E-state index is 12.1. The Labute approximate surface area is 249 Å². The third-order valence-corrected chi connectivity index (χ3v) is 6.95. The normalized spacial score (nSPS) is 12.2. The largest absolute Gasteiger partial charge is 1.00 e. The van der Waals surface area contributed by atoms with Crippen molar-refractivity contribution in [1.29, 1.82) is 0 Å². The van der Waals surface area contributed by atoms with Gasteiger partial charge < -0.3 is 12.3 Å². The van der Waals surface area contributed by atoms with Crippen LogP contribution in [-0.4, -0.2) is 36.0 Å². The molecule has 0 unspecified atom stereocenters. The molecule has 4 aromatic carbocycles. The van der Waals surface area contributed by atoms with E-state index in [1.165, 1.54) is 24.3 Å². The summed E-state index contributed by atoms with van der Waals surface area (Å²) in [7, 11) is -10.1. The van der Waals surface area contributed by atoms with E-state index in [-0.39, 0.29) is 58.8 Å². The first-order valence-corrected chi connectivity index (χ1v) is 13.4. The minimum absolute atomic E-state index is 0. The topological polar surface area (TPSA) is 248 Å². The molecular weight excluding hydrogens is 579 g/mol. The van der Waals surface area contributed by atoms with E-state index >= 15 is 0 Å². The quantitative estimate of drug-likeness (QED) is 0.0605. The van der Waals surface area contributed by atoms with Crippen LogP contribution in [0.3, 0.4) is 0 Å². The molecule has 202 valence electrons. The Kier molecular flexibility index (Phi) is 9.00. The number of nitrogens with zero attached hydrogens (tertiary/aromatic N) is 5. The summed E-state index contributed by atoms with van der Waals surface area (Å²) in [4.78, 5) is 8.37. The minimum Gasteiger partial charge on any atom is -1.00 e. The van der Waals surface area contributed by atoms with Gasteiger partial charge in [-0.05, 0) is 41.8 Å². The zero-order valence-corrected chi connectivity index (χ0v) is 23.9. The van der Waals surface area contributed by atoms with E-state index < -0.39 is 57.8 Å². The standard InChI is InChI=1S/C22H16N6O9S2.Na.H/c23-19-18-12(11-17(39(35,36)37)21(22(18)29)27-24-13-4-2-1-3-5-13)10-16(38(32,33)34)20(19)26-25-14-6-8-15(9-7-14)28(30)31;;/h1-11,29H,23H2,(H,32,33,34)(H,35,36,37);;/q;+1;-1. The van der Waals surface area contributed by atoms with Crippen molar-refractivity contribution >= 4 is 65.1 Å². The molecule has 0 saturated carbocycles. The third-order valence-electron chi connectivity index (χ3n) is 5.22. The summed E-state index contributed by atoms with van der Waals surface area (Å²) < 4.78 is 68.0. The van der Waals surface area contributed by atoms with Crippen LogP contribution in [0.4, 0.5) is 34.1 Å². The number of nitro benzene ring substituents is 1. The molecule has 4 aromatic rings. The van der Waals surface area contributed by atoms with Gasteiger partial charge in [-0.25, -0.2) is 0 Å². The maximum Gasteiger partial charge on any atom is 1.00 e. The second kappa shape index (κ2) is 11.7. The van der Waals surface area contributed by atoms with Gasteiger partial charge in [-0.2, -0.15) is 27.1 Å². The molecule has 0 saturated heterocycles. The molecule has 0 aliphatic rings. The first kappa shape index (κ1) is 30.7. The van der Waals surface area contributed by atoms with Gasteiger partial charge in [-0.1, -0.05) is 18.2 Å². The molecule has 0 atom stereocenters. The molecule has 15 nitrogen and oxygen atoms in total. The summed E-state index contributed by atoms with van der Waals surface area (Å²) in [6, 6.07) is 14.2. The van der Waals surface area contributed by atoms with E-state index in [2.05, 4.69) is 20.5 Å². The van der Waals surface area contributed by atoms with Gasteiger partial charge in [0, 0.05) is 12.1 Å². The fourth-order valence-corrected chi connectivity index (χ4v) is 4.78. The van der Waals surface area contributed by atoms with Gasteiger partial charge in [0.1, 0.15) is 21.2 Å². The fraction of sp³-hybridized carbons (Fsp3) is 0. The number of nitrogen functional groups attached to an aromatic ring is 1. The molecule has 0 amide bonds. The summed E-state index contributed by atoms with van der Waals surface area (Å²) in [5.41, 5.74) is 4.29. The third kappa shape index (κ3) is 6.48. The smallest absolute Gasteiger partial charge is 1.00 e. The van der Waals surface area contributed by atoms with Gasteiger partial charge in [-0.3, -0.25) is 19.2 Å². The number of fused-ring (bicyclic) bond motifs is 1. The number of anilines is 1. The van der Waals surface area contributed by atoms with Crippen LogP contribution >= 0.6 is 0 Å². The van der Waals surface area contributed by atoms with Gasteiger partial charge in [-0.15, -0.1) is 10.2 Å². The number of non-ortho nitro benzene ring substituents is 1. The first-order chi connectivity index (χ1) is 18.3. The number of nitrogens with two attached hydrogens (primary N) is 1. The fourth-order valence-electron chi connectivity index (χ4n) is 3.46. The van der Waals surface area contributed by atoms with E-state index in [1.807, 2.05) is 0 Å². The molecule has 0 spiro atoms. The predicted molar refractivity (Wildman–Crippen MR) is 139 cm³/mol. The van der Waals surface area contributed by atoms with Crippen molar-refractivity contribution in [2.24, 2.45) is 20.5 Å². The first-order valence-electron chi connectivity index (χ1n) is 10.5. The average Bonchev–Trinajstić information content (AvgIpc) is 2.86. The van der Waals surface area contributed by atoms with E-state index in [9.17, 15) is 41.2 Å². The molecule has 4 rings (SSSR count). The summed E-state index contributed by atoms with van der Waals surface area (Å²) in [5, 5.41) is 36.3. The predicted octanol–water partition coefficient (Wildman–Crippen LogP) is 2.48. The molecule has 0 aromatic heterocycles. The van der Waals surface area contributed by atoms with E-state index in [1.54, 1.807) is 18.2 Å². The number of nitro groups is 1. The number of hydrogen-bond donors (Lipinski definition) is 4. The van der Waals surface area contributed by atoms with Crippen molar-refractivity contribution in [3.63, 3.8) is 0 Å². The number of benzene rings is 4. The Hall–Kier alpha value is -3.84. The number of rotatable bonds is 7. The second-order valence-electron chi connectivity index (χ2n) is 7.77. The van der Waals surface area contributed by atoms with Crippen LogP contribution in [0.2, 0.25) is 0 Å². The van der Waals surface area contributed by atoms with Crippen molar-refractivity contribution in [2.45, 2.75) is 9.79 Å². The Balaban J connectivity index is 0.00000294. The Bertz CT molecular complexity index is 1910. The van der Waals surface area contributed by atoms with Gasteiger partial charge in [0.05, 0.1) is 27.4 Å². The number of aromatic hydroxyl groups is 1. The van der Waals surface area contributed by atoms with Crippen LogP contribution < -0.4 is 35.3 Å². The van der Waals surface area contributed by atoms with E-state index in [0.717, 1.165) is 24.3 Å². The minimum atomic E-state index is -5.05. The van der Waals surface area contributed by atoms with Crippen LogP contribution in [0.15, 0.2) is 97.0 Å². The summed E-state index contributed by atoms with van der Waals surface area (Å²) in [6.07, 6.45) is 0. The van der Waals surface area contributed by atoms with Crippen LogP contribution in [0.5, 0.6) is 5.75 Å². The van der Waals surface area contributed by atoms with Crippen molar-refractivity contribution < 1.29 is 67.0 Å². The molecular formula is C22H17N6NaO9S2. The Morgan fingerprint density at radius 3 is 1.75 bits per heavy atom. The number of phenols is 1. The molecule has 0 radical (unpaired) electrons. The van der Waals surface area contributed by atoms with Gasteiger partial charge >= 0.3 is 29.6 Å². The Morgan fingerprint density at radius 1 is 0.775 bits per heavy atom. The van der Waals surface area contributed by atoms with Crippen LogP contribution in [0, 0.1) is 10.1 Å². The molecule has 0 bridgehead atoms. The molecule has 18 heteroatoms. The van der Waals surface area contributed by atoms with Crippen molar-refractivity contribution in [3.8, 4) is 5.75 Å². The maximum absolute atomic E-state index is 12.1. The molecule has 0 fully saturated rings. The van der Waals surface area contributed by atoms with Crippen LogP contribution in [-0.2, 0) is 20.2 Å². The zero-order valence-electron chi connectivity index (χ0n) is 21.3. The van der Waals surface area contributed by atoms with Gasteiger partial charge in [0.2, 0.25) is 0 Å². The van der Waals surface area contributed by atoms with Crippen LogP contribution in [0.1, 0.15) is 1.43 Å². The summed E-state index contributed by atoms with van der Waals surface area (Å²) in [5.74, 6) is -0.897. The molecule has 5 N–H and O–H groups in total. The zero-order chi connectivity index (χ0) is 28.5. The average molecular weight is 597 g/mol. The molecule has 0 aliphatic heterocycles. The van der Waals surface area contributed by atoms with Crippen molar-refractivity contribution in [3.05, 3.63) is 76.8 Å². The van der Waals surface area contributed by atoms with Gasteiger partial charge in [0.15, 0.2) is 5.75 Å². The summed E-state index contributed by atoms with van der Waals surface area (Å²) in [6.45, 7) is 0. The second-order valence-corrected chi connectivity index (χ2v) is 10.5. The monoisotopic (exact) mass is 596 g/mol. The summed E-state index contributed by atoms with van der Waals surface area (Å²) >= 11 is 0.